The first-order valence-electron chi connectivity index (χ1n) is 5.50. The van der Waals surface area contributed by atoms with Gasteiger partial charge in [0.1, 0.15) is 0 Å². The largest absolute Gasteiger partial charge is 0.393 e. The summed E-state index contributed by atoms with van der Waals surface area (Å²) in [4.78, 5) is 11.2. The molecule has 0 spiro atoms. The lowest BCUT2D eigenvalue weighted by Gasteiger charge is -2.12. The van der Waals surface area contributed by atoms with Crippen LogP contribution < -0.4 is 10.6 Å². The highest BCUT2D eigenvalue weighted by atomic mass is 16.5. The first-order chi connectivity index (χ1) is 7.18. The van der Waals surface area contributed by atoms with Gasteiger partial charge in [-0.1, -0.05) is 0 Å². The molecule has 2 amide bonds. The van der Waals surface area contributed by atoms with E-state index in [9.17, 15) is 4.79 Å². The topological polar surface area (TPSA) is 70.6 Å². The molecule has 88 valence electrons. The molecular formula is C10H20N2O3. The van der Waals surface area contributed by atoms with Crippen LogP contribution >= 0.6 is 0 Å². The minimum absolute atomic E-state index is 0.174. The van der Waals surface area contributed by atoms with Crippen molar-refractivity contribution in [3.63, 3.8) is 0 Å². The third-order valence-corrected chi connectivity index (χ3v) is 2.36. The minimum Gasteiger partial charge on any atom is -0.393 e. The number of aliphatic hydroxyl groups is 1. The fourth-order valence-electron chi connectivity index (χ4n) is 1.47. The number of aliphatic hydroxyl groups excluding tert-OH is 1. The van der Waals surface area contributed by atoms with Crippen molar-refractivity contribution in [3.8, 4) is 0 Å². The van der Waals surface area contributed by atoms with Crippen molar-refractivity contribution in [2.75, 3.05) is 19.7 Å². The lowest BCUT2D eigenvalue weighted by molar-refractivity contribution is 0.111. The van der Waals surface area contributed by atoms with Crippen LogP contribution in [-0.2, 0) is 4.74 Å². The van der Waals surface area contributed by atoms with Crippen LogP contribution in [0.15, 0.2) is 0 Å². The van der Waals surface area contributed by atoms with Crippen molar-refractivity contribution >= 4 is 6.03 Å². The zero-order chi connectivity index (χ0) is 11.1. The second-order valence-corrected chi connectivity index (χ2v) is 3.91. The number of rotatable bonds is 5. The number of carbonyl (C=O) groups excluding carboxylic acids is 1. The molecule has 1 saturated heterocycles. The van der Waals surface area contributed by atoms with E-state index in [2.05, 4.69) is 10.6 Å². The number of hydrogen-bond donors (Lipinski definition) is 3. The summed E-state index contributed by atoms with van der Waals surface area (Å²) in [5, 5.41) is 14.4. The van der Waals surface area contributed by atoms with E-state index >= 15 is 0 Å². The second kappa shape index (κ2) is 6.63. The van der Waals surface area contributed by atoms with Crippen LogP contribution in [0.3, 0.4) is 0 Å². The molecule has 0 aromatic carbocycles. The fraction of sp³-hybridized carbons (Fsp3) is 0.900. The number of amides is 2. The molecule has 1 aliphatic heterocycles. The summed E-state index contributed by atoms with van der Waals surface area (Å²) >= 11 is 0. The Morgan fingerprint density at radius 3 is 3.00 bits per heavy atom. The van der Waals surface area contributed by atoms with E-state index in [0.29, 0.717) is 19.5 Å². The van der Waals surface area contributed by atoms with Crippen LogP contribution in [0, 0.1) is 0 Å². The molecule has 15 heavy (non-hydrogen) atoms. The van der Waals surface area contributed by atoms with Crippen molar-refractivity contribution in [2.24, 2.45) is 0 Å². The average molecular weight is 216 g/mol. The summed E-state index contributed by atoms with van der Waals surface area (Å²) < 4.78 is 5.36. The van der Waals surface area contributed by atoms with Crippen molar-refractivity contribution in [1.82, 2.24) is 10.6 Å². The molecule has 0 saturated carbocycles. The molecule has 1 heterocycles. The van der Waals surface area contributed by atoms with Crippen molar-refractivity contribution < 1.29 is 14.6 Å². The van der Waals surface area contributed by atoms with Gasteiger partial charge in [-0.05, 0) is 26.2 Å². The lowest BCUT2D eigenvalue weighted by Crippen LogP contribution is -2.40. The van der Waals surface area contributed by atoms with Gasteiger partial charge in [0.15, 0.2) is 0 Å². The number of ether oxygens (including phenoxy) is 1. The Kier molecular flexibility index (Phi) is 5.42. The van der Waals surface area contributed by atoms with Gasteiger partial charge in [-0.3, -0.25) is 0 Å². The molecular weight excluding hydrogens is 196 g/mol. The lowest BCUT2D eigenvalue weighted by atomic mass is 10.2. The molecule has 3 N–H and O–H groups in total. The Balaban J connectivity index is 1.98. The van der Waals surface area contributed by atoms with E-state index < -0.39 is 0 Å². The maximum Gasteiger partial charge on any atom is 0.314 e. The van der Waals surface area contributed by atoms with Gasteiger partial charge in [-0.25, -0.2) is 4.79 Å². The number of urea groups is 1. The zero-order valence-electron chi connectivity index (χ0n) is 9.16. The molecule has 0 aliphatic carbocycles. The first-order valence-corrected chi connectivity index (χ1v) is 5.50. The van der Waals surface area contributed by atoms with Crippen LogP contribution in [0.2, 0.25) is 0 Å². The maximum atomic E-state index is 11.2. The summed E-state index contributed by atoms with van der Waals surface area (Å²) in [6.07, 6.45) is 2.48. The molecule has 0 radical (unpaired) electrons. The van der Waals surface area contributed by atoms with E-state index in [0.717, 1.165) is 19.4 Å². The van der Waals surface area contributed by atoms with Gasteiger partial charge in [0.2, 0.25) is 0 Å². The van der Waals surface area contributed by atoms with Crippen LogP contribution in [0.5, 0.6) is 0 Å². The molecule has 0 aromatic rings. The fourth-order valence-corrected chi connectivity index (χ4v) is 1.47. The number of nitrogens with one attached hydrogen (secondary N) is 2. The van der Waals surface area contributed by atoms with Crippen LogP contribution in [-0.4, -0.2) is 43.0 Å². The number of hydrogen-bond acceptors (Lipinski definition) is 3. The highest BCUT2D eigenvalue weighted by Crippen LogP contribution is 2.10. The first kappa shape index (κ1) is 12.3. The standard InChI is InChI=1S/C10H20N2O3/c1-8(13)4-5-11-10(14)12-7-9-3-2-6-15-9/h8-9,13H,2-7H2,1H3,(H2,11,12,14). The maximum absolute atomic E-state index is 11.2. The van der Waals surface area contributed by atoms with Crippen LogP contribution in [0.1, 0.15) is 26.2 Å². The predicted molar refractivity (Wildman–Crippen MR) is 56.7 cm³/mol. The molecule has 2 atom stereocenters. The highest BCUT2D eigenvalue weighted by molar-refractivity contribution is 5.73. The summed E-state index contributed by atoms with van der Waals surface area (Å²) in [6.45, 7) is 3.57. The van der Waals surface area contributed by atoms with Crippen molar-refractivity contribution in [1.29, 1.82) is 0 Å². The van der Waals surface area contributed by atoms with E-state index in [-0.39, 0.29) is 18.2 Å². The Morgan fingerprint density at radius 2 is 2.40 bits per heavy atom. The quantitative estimate of drug-likeness (QED) is 0.616. The summed E-state index contributed by atoms with van der Waals surface area (Å²) in [5.74, 6) is 0. The second-order valence-electron chi connectivity index (χ2n) is 3.91. The van der Waals surface area contributed by atoms with E-state index in [1.54, 1.807) is 6.92 Å². The molecule has 2 unspecified atom stereocenters. The van der Waals surface area contributed by atoms with Gasteiger partial charge < -0.3 is 20.5 Å². The van der Waals surface area contributed by atoms with E-state index in [1.807, 2.05) is 0 Å². The molecule has 1 rings (SSSR count). The predicted octanol–water partition coefficient (Wildman–Crippen LogP) is 0.235. The smallest absolute Gasteiger partial charge is 0.314 e. The number of carbonyl (C=O) groups is 1. The normalized spacial score (nSPS) is 22.4. The van der Waals surface area contributed by atoms with E-state index in [1.165, 1.54) is 0 Å². The van der Waals surface area contributed by atoms with Crippen molar-refractivity contribution in [2.45, 2.75) is 38.4 Å². The van der Waals surface area contributed by atoms with Gasteiger partial charge in [0.05, 0.1) is 12.2 Å². The van der Waals surface area contributed by atoms with Crippen LogP contribution in [0.4, 0.5) is 4.79 Å². The Hall–Kier alpha value is -0.810. The highest BCUT2D eigenvalue weighted by Gasteiger charge is 2.15. The molecule has 1 aliphatic rings. The zero-order valence-corrected chi connectivity index (χ0v) is 9.16. The molecule has 1 fully saturated rings. The van der Waals surface area contributed by atoms with E-state index in [4.69, 9.17) is 9.84 Å². The Bertz CT molecular complexity index is 191. The molecule has 5 nitrogen and oxygen atoms in total. The van der Waals surface area contributed by atoms with Gasteiger partial charge in [-0.2, -0.15) is 0 Å². The minimum atomic E-state index is -0.372. The Morgan fingerprint density at radius 1 is 1.60 bits per heavy atom. The third kappa shape index (κ3) is 5.59. The monoisotopic (exact) mass is 216 g/mol. The van der Waals surface area contributed by atoms with Crippen molar-refractivity contribution in [3.05, 3.63) is 0 Å². The molecule has 5 heteroatoms. The third-order valence-electron chi connectivity index (χ3n) is 2.36. The van der Waals surface area contributed by atoms with Gasteiger partial charge in [-0.15, -0.1) is 0 Å². The van der Waals surface area contributed by atoms with Gasteiger partial charge >= 0.3 is 6.03 Å². The summed E-state index contributed by atoms with van der Waals surface area (Å²) in [7, 11) is 0. The summed E-state index contributed by atoms with van der Waals surface area (Å²) in [5.41, 5.74) is 0. The SMILES string of the molecule is CC(O)CCNC(=O)NCC1CCCO1. The average Bonchev–Trinajstić information content (AvgIpc) is 2.66. The molecule has 0 aromatic heterocycles. The Labute approximate surface area is 90.2 Å². The van der Waals surface area contributed by atoms with Gasteiger partial charge in [0, 0.05) is 19.7 Å². The summed E-state index contributed by atoms with van der Waals surface area (Å²) in [6, 6.07) is -0.189. The molecule has 0 bridgehead atoms. The van der Waals surface area contributed by atoms with Gasteiger partial charge in [0.25, 0.3) is 0 Å². The van der Waals surface area contributed by atoms with Crippen LogP contribution in [0.25, 0.3) is 0 Å².